The lowest BCUT2D eigenvalue weighted by molar-refractivity contribution is -0.114. The molecule has 3 aromatic carbocycles. The van der Waals surface area contributed by atoms with E-state index in [4.69, 9.17) is 0 Å². The quantitative estimate of drug-likeness (QED) is 0.334. The van der Waals surface area contributed by atoms with Crippen LogP contribution in [0.25, 0.3) is 0 Å². The highest BCUT2D eigenvalue weighted by atomic mass is 32.2. The molecule has 8 nitrogen and oxygen atoms in total. The zero-order valence-corrected chi connectivity index (χ0v) is 21.3. The Hall–Kier alpha value is -4.57. The van der Waals surface area contributed by atoms with Gasteiger partial charge in [-0.3, -0.25) is 18.9 Å². The molecule has 0 unspecified atom stereocenters. The van der Waals surface area contributed by atoms with Crippen molar-refractivity contribution in [3.8, 4) is 0 Å². The molecule has 0 aliphatic carbocycles. The third-order valence-corrected chi connectivity index (χ3v) is 7.41. The molecular weight excluding hydrogens is 507 g/mol. The second-order valence-corrected chi connectivity index (χ2v) is 10.3. The summed E-state index contributed by atoms with van der Waals surface area (Å²) in [6, 6.07) is 21.2. The fraction of sp³-hybridized carbons (Fsp3) is 0.107. The molecule has 38 heavy (non-hydrogen) atoms. The van der Waals surface area contributed by atoms with Crippen LogP contribution in [0.4, 0.5) is 15.8 Å². The fourth-order valence-electron chi connectivity index (χ4n) is 3.68. The van der Waals surface area contributed by atoms with Gasteiger partial charge in [-0.25, -0.2) is 12.8 Å². The van der Waals surface area contributed by atoms with Crippen molar-refractivity contribution in [1.82, 2.24) is 10.3 Å². The summed E-state index contributed by atoms with van der Waals surface area (Å²) in [7, 11) is -4.30. The van der Waals surface area contributed by atoms with Gasteiger partial charge in [0, 0.05) is 18.9 Å². The van der Waals surface area contributed by atoms with E-state index < -0.39 is 34.2 Å². The van der Waals surface area contributed by atoms with Gasteiger partial charge in [0.2, 0.25) is 5.91 Å². The van der Waals surface area contributed by atoms with Crippen molar-refractivity contribution in [2.24, 2.45) is 0 Å². The van der Waals surface area contributed by atoms with Crippen molar-refractivity contribution in [1.29, 1.82) is 0 Å². The highest BCUT2D eigenvalue weighted by molar-refractivity contribution is 7.92. The van der Waals surface area contributed by atoms with E-state index >= 15 is 0 Å². The van der Waals surface area contributed by atoms with E-state index in [1.54, 1.807) is 42.7 Å². The van der Waals surface area contributed by atoms with Gasteiger partial charge in [0.05, 0.1) is 21.8 Å². The molecule has 0 aliphatic heterocycles. The van der Waals surface area contributed by atoms with Crippen LogP contribution in [0.15, 0.2) is 102 Å². The monoisotopic (exact) mass is 532 g/mol. The molecule has 2 N–H and O–H groups in total. The Balaban J connectivity index is 1.57. The minimum atomic E-state index is -4.30. The van der Waals surface area contributed by atoms with E-state index in [2.05, 4.69) is 15.6 Å². The topological polar surface area (TPSA) is 108 Å². The highest BCUT2D eigenvalue weighted by Crippen LogP contribution is 2.27. The lowest BCUT2D eigenvalue weighted by Crippen LogP contribution is -2.39. The van der Waals surface area contributed by atoms with E-state index in [1.165, 1.54) is 42.5 Å². The molecule has 0 fully saturated rings. The summed E-state index contributed by atoms with van der Waals surface area (Å²) in [5.41, 5.74) is 1.73. The predicted molar refractivity (Wildman–Crippen MR) is 143 cm³/mol. The Morgan fingerprint density at radius 3 is 2.34 bits per heavy atom. The number of aromatic nitrogens is 1. The number of nitrogens with zero attached hydrogens (tertiary/aromatic N) is 2. The van der Waals surface area contributed by atoms with Crippen LogP contribution in [-0.2, 0) is 21.4 Å². The molecule has 2 amide bonds. The molecule has 1 heterocycles. The van der Waals surface area contributed by atoms with E-state index in [9.17, 15) is 22.4 Å². The van der Waals surface area contributed by atoms with Gasteiger partial charge in [-0.05, 0) is 55.0 Å². The van der Waals surface area contributed by atoms with E-state index in [-0.39, 0.29) is 28.4 Å². The first-order chi connectivity index (χ1) is 18.3. The van der Waals surface area contributed by atoms with Crippen molar-refractivity contribution >= 4 is 33.2 Å². The van der Waals surface area contributed by atoms with Gasteiger partial charge < -0.3 is 10.6 Å². The lowest BCUT2D eigenvalue weighted by atomic mass is 10.1. The Kier molecular flexibility index (Phi) is 8.12. The van der Waals surface area contributed by atoms with Crippen LogP contribution in [0.5, 0.6) is 0 Å². The molecule has 0 spiro atoms. The van der Waals surface area contributed by atoms with Gasteiger partial charge in [-0.1, -0.05) is 48.0 Å². The highest BCUT2D eigenvalue weighted by Gasteiger charge is 2.29. The average Bonchev–Trinajstić information content (AvgIpc) is 2.92. The summed E-state index contributed by atoms with van der Waals surface area (Å²) in [6.45, 7) is 1.32. The summed E-state index contributed by atoms with van der Waals surface area (Å²) >= 11 is 0. The summed E-state index contributed by atoms with van der Waals surface area (Å²) in [6.07, 6.45) is 3.25. The molecule has 194 valence electrons. The van der Waals surface area contributed by atoms with Gasteiger partial charge in [-0.2, -0.15) is 0 Å². The average molecular weight is 533 g/mol. The number of hydrogen-bond donors (Lipinski definition) is 2. The maximum Gasteiger partial charge on any atom is 0.264 e. The lowest BCUT2D eigenvalue weighted by Gasteiger charge is -2.24. The third kappa shape index (κ3) is 6.22. The van der Waals surface area contributed by atoms with E-state index in [1.807, 2.05) is 13.0 Å². The molecular formula is C28H25FN4O4S. The maximum atomic E-state index is 14.7. The van der Waals surface area contributed by atoms with Gasteiger partial charge in [0.1, 0.15) is 12.4 Å². The van der Waals surface area contributed by atoms with Gasteiger partial charge in [-0.15, -0.1) is 0 Å². The van der Waals surface area contributed by atoms with E-state index in [0.29, 0.717) is 4.31 Å². The number of benzene rings is 3. The molecule has 4 aromatic rings. The van der Waals surface area contributed by atoms with Crippen LogP contribution in [0.1, 0.15) is 21.5 Å². The maximum absolute atomic E-state index is 14.7. The first kappa shape index (κ1) is 26.5. The van der Waals surface area contributed by atoms with Crippen molar-refractivity contribution in [3.63, 3.8) is 0 Å². The van der Waals surface area contributed by atoms with Gasteiger partial charge in [0.15, 0.2) is 0 Å². The summed E-state index contributed by atoms with van der Waals surface area (Å²) in [5.74, 6) is -1.99. The zero-order valence-electron chi connectivity index (χ0n) is 20.5. The number of carbonyl (C=O) groups excluding carboxylic acids is 2. The van der Waals surface area contributed by atoms with Crippen molar-refractivity contribution in [3.05, 3.63) is 120 Å². The number of aryl methyl sites for hydroxylation is 1. The number of anilines is 2. The molecule has 1 aromatic heterocycles. The van der Waals surface area contributed by atoms with Crippen molar-refractivity contribution in [2.75, 3.05) is 16.2 Å². The first-order valence-corrected chi connectivity index (χ1v) is 13.1. The fourth-order valence-corrected chi connectivity index (χ4v) is 5.11. The predicted octanol–water partition coefficient (Wildman–Crippen LogP) is 4.29. The molecule has 0 bridgehead atoms. The van der Waals surface area contributed by atoms with Crippen LogP contribution in [0, 0.1) is 12.7 Å². The number of halogens is 1. The first-order valence-electron chi connectivity index (χ1n) is 11.7. The Morgan fingerprint density at radius 2 is 1.63 bits per heavy atom. The van der Waals surface area contributed by atoms with Crippen LogP contribution in [0.2, 0.25) is 0 Å². The van der Waals surface area contributed by atoms with Gasteiger partial charge in [0.25, 0.3) is 15.9 Å². The van der Waals surface area contributed by atoms with Crippen LogP contribution >= 0.6 is 0 Å². The van der Waals surface area contributed by atoms with Crippen LogP contribution in [-0.4, -0.2) is 31.8 Å². The number of sulfonamides is 1. The smallest absolute Gasteiger partial charge is 0.264 e. The zero-order chi connectivity index (χ0) is 27.1. The Labute approximate surface area is 220 Å². The molecule has 10 heteroatoms. The normalized spacial score (nSPS) is 11.0. The second-order valence-electron chi connectivity index (χ2n) is 8.41. The summed E-state index contributed by atoms with van der Waals surface area (Å²) in [4.78, 5) is 29.9. The summed E-state index contributed by atoms with van der Waals surface area (Å²) in [5, 5.41) is 5.37. The molecule has 0 saturated heterocycles. The molecule has 0 saturated carbocycles. The van der Waals surface area contributed by atoms with Crippen molar-refractivity contribution in [2.45, 2.75) is 18.4 Å². The number of nitrogens with one attached hydrogen (secondary N) is 2. The molecule has 0 atom stereocenters. The second kappa shape index (κ2) is 11.7. The minimum absolute atomic E-state index is 0.0886. The Bertz CT molecular complexity index is 1540. The standard InChI is InChI=1S/C28H25FN4O4S/c1-20-12-14-22(15-13-20)38(36,37)33(26-11-5-3-9-24(26)29)19-27(34)32-25-10-4-2-8-23(25)28(35)31-18-21-7-6-16-30-17-21/h2-17H,18-19H2,1H3,(H,31,35)(H,32,34). The summed E-state index contributed by atoms with van der Waals surface area (Å²) < 4.78 is 42.4. The minimum Gasteiger partial charge on any atom is -0.348 e. The Morgan fingerprint density at radius 1 is 0.921 bits per heavy atom. The number of rotatable bonds is 9. The largest absolute Gasteiger partial charge is 0.348 e. The molecule has 0 aliphatic rings. The molecule has 0 radical (unpaired) electrons. The van der Waals surface area contributed by atoms with E-state index in [0.717, 1.165) is 17.2 Å². The third-order valence-electron chi connectivity index (χ3n) is 5.64. The number of hydrogen-bond acceptors (Lipinski definition) is 5. The number of amides is 2. The molecule has 4 rings (SSSR count). The van der Waals surface area contributed by atoms with Crippen molar-refractivity contribution < 1.29 is 22.4 Å². The van der Waals surface area contributed by atoms with Crippen LogP contribution in [0.3, 0.4) is 0 Å². The number of carbonyl (C=O) groups is 2. The van der Waals surface area contributed by atoms with Gasteiger partial charge >= 0.3 is 0 Å². The van der Waals surface area contributed by atoms with Crippen LogP contribution < -0.4 is 14.9 Å². The number of para-hydroxylation sites is 2. The SMILES string of the molecule is Cc1ccc(S(=O)(=O)N(CC(=O)Nc2ccccc2C(=O)NCc2cccnc2)c2ccccc2F)cc1. The number of pyridine rings is 1.